The maximum atomic E-state index is 12.8. The summed E-state index contributed by atoms with van der Waals surface area (Å²) < 4.78 is 33.1. The lowest BCUT2D eigenvalue weighted by atomic mass is 10.3. The van der Waals surface area contributed by atoms with Gasteiger partial charge < -0.3 is 29.0 Å². The lowest BCUT2D eigenvalue weighted by molar-refractivity contribution is -0.200. The normalized spacial score (nSPS) is 13.3. The molecule has 0 aliphatic heterocycles. The third-order valence-electron chi connectivity index (χ3n) is 3.72. The Morgan fingerprint density at radius 1 is 1.22 bits per heavy atom. The van der Waals surface area contributed by atoms with Crippen LogP contribution in [0.3, 0.4) is 0 Å². The van der Waals surface area contributed by atoms with Crippen LogP contribution in [0.5, 0.6) is 17.2 Å². The predicted molar refractivity (Wildman–Crippen MR) is 97.2 cm³/mol. The van der Waals surface area contributed by atoms with Crippen molar-refractivity contribution in [1.82, 2.24) is 15.0 Å². The van der Waals surface area contributed by atoms with Crippen molar-refractivity contribution in [1.29, 1.82) is 0 Å². The highest BCUT2D eigenvalue weighted by molar-refractivity contribution is 7.84. The number of hydrogen-bond donors (Lipinski definition) is 2. The molecule has 0 radical (unpaired) electrons. The minimum Gasteiger partial charge on any atom is -0.493 e. The molecule has 2 heterocycles. The van der Waals surface area contributed by atoms with E-state index in [-0.39, 0.29) is 5.75 Å². The second-order valence-corrected chi connectivity index (χ2v) is 6.73. The SMILES string of the molecule is COc1ccnc(CS(=O)c2nc3ccc(OC(O)OC)cc3[nH]2)c1OC. The number of benzene rings is 1. The van der Waals surface area contributed by atoms with Gasteiger partial charge in [-0.1, -0.05) is 0 Å². The van der Waals surface area contributed by atoms with E-state index in [0.29, 0.717) is 39.1 Å². The Morgan fingerprint density at radius 3 is 2.74 bits per heavy atom. The maximum Gasteiger partial charge on any atom is 0.313 e. The fourth-order valence-corrected chi connectivity index (χ4v) is 3.47. The van der Waals surface area contributed by atoms with Gasteiger partial charge in [-0.25, -0.2) is 4.98 Å². The largest absolute Gasteiger partial charge is 0.493 e. The summed E-state index contributed by atoms with van der Waals surface area (Å²) in [6.45, 7) is -1.37. The van der Waals surface area contributed by atoms with Crippen LogP contribution in [-0.4, -0.2) is 52.1 Å². The number of H-pyrrole nitrogens is 1. The molecule has 0 aliphatic rings. The number of nitrogens with zero attached hydrogens (tertiary/aromatic N) is 2. The number of fused-ring (bicyclic) bond motifs is 1. The summed E-state index contributed by atoms with van der Waals surface area (Å²) in [5.41, 5.74) is 1.73. The van der Waals surface area contributed by atoms with E-state index in [1.807, 2.05) is 0 Å². The number of rotatable bonds is 8. The number of hydrogen-bond acceptors (Lipinski definition) is 8. The van der Waals surface area contributed by atoms with Gasteiger partial charge in [-0.15, -0.1) is 0 Å². The van der Waals surface area contributed by atoms with Gasteiger partial charge in [0.05, 0.1) is 47.5 Å². The zero-order valence-electron chi connectivity index (χ0n) is 15.0. The molecule has 2 aromatic heterocycles. The molecule has 27 heavy (non-hydrogen) atoms. The molecule has 0 fully saturated rings. The zero-order chi connectivity index (χ0) is 19.4. The summed E-state index contributed by atoms with van der Waals surface area (Å²) >= 11 is 0. The minimum absolute atomic E-state index is 0.103. The first-order valence-electron chi connectivity index (χ1n) is 7.87. The third kappa shape index (κ3) is 4.18. The van der Waals surface area contributed by atoms with E-state index < -0.39 is 17.3 Å². The predicted octanol–water partition coefficient (Wildman–Crippen LogP) is 1.58. The molecule has 10 heteroatoms. The Hall–Kier alpha value is -2.69. The molecule has 3 aromatic rings. The first kappa shape index (κ1) is 19.1. The average Bonchev–Trinajstić information content (AvgIpc) is 3.11. The quantitative estimate of drug-likeness (QED) is 0.554. The van der Waals surface area contributed by atoms with Gasteiger partial charge in [0, 0.05) is 25.4 Å². The van der Waals surface area contributed by atoms with E-state index in [1.165, 1.54) is 21.3 Å². The lowest BCUT2D eigenvalue weighted by Crippen LogP contribution is -2.17. The Bertz CT molecular complexity index is 961. The van der Waals surface area contributed by atoms with Crippen LogP contribution in [0.2, 0.25) is 0 Å². The average molecular weight is 393 g/mol. The summed E-state index contributed by atoms with van der Waals surface area (Å²) in [7, 11) is 2.86. The number of imidazole rings is 1. The molecule has 0 saturated heterocycles. The van der Waals surface area contributed by atoms with Crippen LogP contribution in [0.1, 0.15) is 5.69 Å². The molecule has 2 N–H and O–H groups in total. The van der Waals surface area contributed by atoms with Gasteiger partial charge in [-0.05, 0) is 12.1 Å². The number of nitrogens with one attached hydrogen (secondary N) is 1. The molecule has 0 amide bonds. The summed E-state index contributed by atoms with van der Waals surface area (Å²) in [5.74, 6) is 1.44. The van der Waals surface area contributed by atoms with Crippen molar-refractivity contribution in [2.45, 2.75) is 17.4 Å². The van der Waals surface area contributed by atoms with Crippen LogP contribution < -0.4 is 14.2 Å². The van der Waals surface area contributed by atoms with Crippen molar-refractivity contribution in [3.8, 4) is 17.2 Å². The van der Waals surface area contributed by atoms with Crippen LogP contribution in [0, 0.1) is 0 Å². The smallest absolute Gasteiger partial charge is 0.313 e. The molecule has 3 rings (SSSR count). The van der Waals surface area contributed by atoms with Crippen LogP contribution >= 0.6 is 0 Å². The summed E-state index contributed by atoms with van der Waals surface area (Å²) in [6.07, 6.45) is 1.57. The van der Waals surface area contributed by atoms with E-state index >= 15 is 0 Å². The van der Waals surface area contributed by atoms with Crippen LogP contribution in [0.25, 0.3) is 11.0 Å². The topological polar surface area (TPSA) is 116 Å². The highest BCUT2D eigenvalue weighted by Gasteiger charge is 2.17. The number of methoxy groups -OCH3 is 3. The summed E-state index contributed by atoms with van der Waals surface area (Å²) in [5, 5.41) is 9.68. The fourth-order valence-electron chi connectivity index (χ4n) is 2.46. The highest BCUT2D eigenvalue weighted by Crippen LogP contribution is 2.30. The van der Waals surface area contributed by atoms with Crippen LogP contribution in [-0.2, 0) is 21.3 Å². The molecule has 2 atom stereocenters. The van der Waals surface area contributed by atoms with Crippen molar-refractivity contribution >= 4 is 21.8 Å². The Labute approximate surface area is 157 Å². The second kappa shape index (κ2) is 8.33. The van der Waals surface area contributed by atoms with Crippen molar-refractivity contribution < 1.29 is 28.3 Å². The molecular weight excluding hydrogens is 374 g/mol. The van der Waals surface area contributed by atoms with Gasteiger partial charge in [0.2, 0.25) is 0 Å². The van der Waals surface area contributed by atoms with Gasteiger partial charge in [-0.3, -0.25) is 9.19 Å². The molecule has 2 unspecified atom stereocenters. The lowest BCUT2D eigenvalue weighted by Gasteiger charge is -2.10. The number of aromatic amines is 1. The van der Waals surface area contributed by atoms with Gasteiger partial charge in [-0.2, -0.15) is 0 Å². The number of pyridine rings is 1. The Balaban J connectivity index is 1.84. The van der Waals surface area contributed by atoms with Gasteiger partial charge in [0.1, 0.15) is 5.75 Å². The van der Waals surface area contributed by atoms with E-state index in [1.54, 1.807) is 30.5 Å². The number of aliphatic hydroxyl groups excluding tert-OH is 1. The third-order valence-corrected chi connectivity index (χ3v) is 4.88. The Kier molecular flexibility index (Phi) is 5.89. The molecule has 144 valence electrons. The first-order chi connectivity index (χ1) is 13.0. The van der Waals surface area contributed by atoms with Crippen molar-refractivity contribution in [3.05, 3.63) is 36.2 Å². The number of ether oxygens (including phenoxy) is 4. The van der Waals surface area contributed by atoms with Crippen molar-refractivity contribution in [3.63, 3.8) is 0 Å². The van der Waals surface area contributed by atoms with Gasteiger partial charge in [0.25, 0.3) is 0 Å². The van der Waals surface area contributed by atoms with E-state index in [0.717, 1.165) is 0 Å². The van der Waals surface area contributed by atoms with Crippen LogP contribution in [0.15, 0.2) is 35.6 Å². The molecule has 0 spiro atoms. The Morgan fingerprint density at radius 2 is 2.04 bits per heavy atom. The zero-order valence-corrected chi connectivity index (χ0v) is 15.8. The van der Waals surface area contributed by atoms with E-state index in [9.17, 15) is 9.32 Å². The van der Waals surface area contributed by atoms with Gasteiger partial charge in [0.15, 0.2) is 16.7 Å². The second-order valence-electron chi connectivity index (χ2n) is 5.36. The fraction of sp³-hybridized carbons (Fsp3) is 0.294. The summed E-state index contributed by atoms with van der Waals surface area (Å²) in [6, 6.07) is 6.62. The van der Waals surface area contributed by atoms with Crippen molar-refractivity contribution in [2.24, 2.45) is 0 Å². The molecule has 0 saturated carbocycles. The number of aromatic nitrogens is 3. The maximum absolute atomic E-state index is 12.8. The van der Waals surface area contributed by atoms with Crippen LogP contribution in [0.4, 0.5) is 0 Å². The first-order valence-corrected chi connectivity index (χ1v) is 9.19. The van der Waals surface area contributed by atoms with Crippen molar-refractivity contribution in [2.75, 3.05) is 21.3 Å². The molecular formula is C17H19N3O6S. The minimum atomic E-state index is -1.49. The molecule has 0 aliphatic carbocycles. The van der Waals surface area contributed by atoms with E-state index in [2.05, 4.69) is 19.7 Å². The molecule has 9 nitrogen and oxygen atoms in total. The number of aliphatic hydroxyl groups is 1. The highest BCUT2D eigenvalue weighted by atomic mass is 32.2. The molecule has 1 aromatic carbocycles. The van der Waals surface area contributed by atoms with E-state index in [4.69, 9.17) is 14.2 Å². The van der Waals surface area contributed by atoms with Gasteiger partial charge >= 0.3 is 6.48 Å². The standard InChI is InChI=1S/C17H19N3O6S/c1-23-14-6-7-18-13(15(14)24-2)9-27(22)16-19-11-5-4-10(8-12(11)20-16)26-17(21)25-3/h4-8,17,21H,9H2,1-3H3,(H,19,20). The monoisotopic (exact) mass is 393 g/mol. The summed E-state index contributed by atoms with van der Waals surface area (Å²) in [4.78, 5) is 11.6. The molecule has 0 bridgehead atoms.